The first-order chi connectivity index (χ1) is 16.5. The summed E-state index contributed by atoms with van der Waals surface area (Å²) in [5.74, 6) is 0.631. The Bertz CT molecular complexity index is 970. The van der Waals surface area contributed by atoms with Crippen LogP contribution in [0.4, 0.5) is 10.6 Å². The fraction of sp³-hybridized carbons (Fsp3) is 0.464. The number of nitrogens with one attached hydrogen (secondary N) is 1. The number of aromatic nitrogens is 1. The van der Waals surface area contributed by atoms with E-state index in [1.165, 1.54) is 11.8 Å². The predicted molar refractivity (Wildman–Crippen MR) is 139 cm³/mol. The van der Waals surface area contributed by atoms with Gasteiger partial charge in [0, 0.05) is 19.7 Å². The van der Waals surface area contributed by atoms with Crippen LogP contribution in [0.5, 0.6) is 0 Å². The Morgan fingerprint density at radius 2 is 1.86 bits per heavy atom. The second-order valence-electron chi connectivity index (χ2n) is 9.98. The van der Waals surface area contributed by atoms with E-state index in [1.54, 1.807) is 12.3 Å². The maximum absolute atomic E-state index is 12.9. The summed E-state index contributed by atoms with van der Waals surface area (Å²) in [7, 11) is 0. The third-order valence-electron chi connectivity index (χ3n) is 5.05. The molecule has 0 aliphatic carbocycles. The fourth-order valence-corrected chi connectivity index (χ4v) is 3.70. The Hall–Kier alpha value is -3.19. The average molecular weight is 482 g/mol. The Labute approximate surface area is 209 Å². The molecule has 0 spiro atoms. The van der Waals surface area contributed by atoms with Gasteiger partial charge >= 0.3 is 6.09 Å². The first kappa shape index (κ1) is 28.1. The van der Waals surface area contributed by atoms with E-state index in [-0.39, 0.29) is 18.5 Å². The van der Waals surface area contributed by atoms with Crippen LogP contribution in [0.25, 0.3) is 0 Å². The van der Waals surface area contributed by atoms with Gasteiger partial charge in [-0.2, -0.15) is 0 Å². The summed E-state index contributed by atoms with van der Waals surface area (Å²) >= 11 is 0. The molecule has 0 saturated carbocycles. The molecule has 2 amide bonds. The minimum absolute atomic E-state index is 0.125. The maximum Gasteiger partial charge on any atom is 0.416 e. The standard InChI is InChI=1S/C28H39N3O4/c1-8-16-31(27(33)35-28(5,6)7)25-18-23(14-15-29-25)26(24(17-20(2)3)30-21(4)32)34-19-22-12-10-9-11-13-22/h8-15,18,20,24,26H,1,16-17,19H2,2-7H3,(H,30,32)/t24-,26?/m0/s1. The Kier molecular flexibility index (Phi) is 10.5. The van der Waals surface area contributed by atoms with Crippen LogP contribution in [0, 0.1) is 5.92 Å². The third kappa shape index (κ3) is 9.53. The Morgan fingerprint density at radius 1 is 1.17 bits per heavy atom. The van der Waals surface area contributed by atoms with E-state index >= 15 is 0 Å². The number of carbonyl (C=O) groups is 2. The molecule has 0 aliphatic rings. The van der Waals surface area contributed by atoms with E-state index in [2.05, 4.69) is 30.7 Å². The molecule has 35 heavy (non-hydrogen) atoms. The van der Waals surface area contributed by atoms with Gasteiger partial charge < -0.3 is 14.8 Å². The fourth-order valence-electron chi connectivity index (χ4n) is 3.70. The van der Waals surface area contributed by atoms with Gasteiger partial charge in [-0.3, -0.25) is 9.69 Å². The lowest BCUT2D eigenvalue weighted by Crippen LogP contribution is -2.40. The number of hydrogen-bond acceptors (Lipinski definition) is 5. The van der Waals surface area contributed by atoms with Gasteiger partial charge in [0.15, 0.2) is 0 Å². The van der Waals surface area contributed by atoms with Crippen molar-refractivity contribution in [3.8, 4) is 0 Å². The van der Waals surface area contributed by atoms with Crippen LogP contribution in [-0.4, -0.2) is 35.2 Å². The monoisotopic (exact) mass is 481 g/mol. The molecule has 0 saturated heterocycles. The summed E-state index contributed by atoms with van der Waals surface area (Å²) in [4.78, 5) is 30.8. The smallest absolute Gasteiger partial charge is 0.416 e. The lowest BCUT2D eigenvalue weighted by Gasteiger charge is -2.31. The van der Waals surface area contributed by atoms with Gasteiger partial charge in [-0.1, -0.05) is 50.3 Å². The van der Waals surface area contributed by atoms with Crippen molar-refractivity contribution in [1.82, 2.24) is 10.3 Å². The summed E-state index contributed by atoms with van der Waals surface area (Å²) in [6.07, 6.45) is 3.03. The third-order valence-corrected chi connectivity index (χ3v) is 5.05. The van der Waals surface area contributed by atoms with Crippen molar-refractivity contribution >= 4 is 17.8 Å². The SMILES string of the molecule is C=CCN(C(=O)OC(C)(C)C)c1cc(C(OCc2ccccc2)[C@H](CC(C)C)NC(C)=O)ccn1. The summed E-state index contributed by atoms with van der Waals surface area (Å²) < 4.78 is 12.0. The van der Waals surface area contributed by atoms with E-state index in [9.17, 15) is 9.59 Å². The van der Waals surface area contributed by atoms with Crippen LogP contribution < -0.4 is 10.2 Å². The van der Waals surface area contributed by atoms with Crippen molar-refractivity contribution in [3.63, 3.8) is 0 Å². The normalized spacial score (nSPS) is 13.1. The lowest BCUT2D eigenvalue weighted by molar-refractivity contribution is -0.121. The minimum Gasteiger partial charge on any atom is -0.443 e. The second-order valence-corrected chi connectivity index (χ2v) is 9.98. The van der Waals surface area contributed by atoms with Gasteiger partial charge in [0.05, 0.1) is 12.6 Å². The Balaban J connectivity index is 2.45. The number of anilines is 1. The number of hydrogen-bond donors (Lipinski definition) is 1. The summed E-state index contributed by atoms with van der Waals surface area (Å²) in [6, 6.07) is 13.3. The van der Waals surface area contributed by atoms with Crippen LogP contribution >= 0.6 is 0 Å². The van der Waals surface area contributed by atoms with Crippen molar-refractivity contribution in [2.75, 3.05) is 11.4 Å². The number of benzene rings is 1. The largest absolute Gasteiger partial charge is 0.443 e. The molecule has 0 radical (unpaired) electrons. The van der Waals surface area contributed by atoms with Crippen molar-refractivity contribution in [1.29, 1.82) is 0 Å². The van der Waals surface area contributed by atoms with Gasteiger partial charge in [-0.15, -0.1) is 6.58 Å². The summed E-state index contributed by atoms with van der Waals surface area (Å²) in [6.45, 7) is 15.6. The molecule has 190 valence electrons. The van der Waals surface area contributed by atoms with E-state index in [4.69, 9.17) is 9.47 Å². The summed E-state index contributed by atoms with van der Waals surface area (Å²) in [5.41, 5.74) is 1.19. The molecule has 7 nitrogen and oxygen atoms in total. The van der Waals surface area contributed by atoms with Crippen LogP contribution in [0.15, 0.2) is 61.3 Å². The number of amides is 2. The quantitative estimate of drug-likeness (QED) is 0.409. The van der Waals surface area contributed by atoms with Crippen molar-refractivity contribution < 1.29 is 19.1 Å². The number of ether oxygens (including phenoxy) is 2. The summed E-state index contributed by atoms with van der Waals surface area (Å²) in [5, 5.41) is 3.07. The van der Waals surface area contributed by atoms with Crippen LogP contribution in [0.1, 0.15) is 65.2 Å². The molecule has 2 atom stereocenters. The topological polar surface area (TPSA) is 80.8 Å². The van der Waals surface area contributed by atoms with Gasteiger partial charge in [0.2, 0.25) is 5.91 Å². The van der Waals surface area contributed by atoms with Crippen LogP contribution in [-0.2, 0) is 20.9 Å². The Morgan fingerprint density at radius 3 is 2.43 bits per heavy atom. The number of nitrogens with zero attached hydrogens (tertiary/aromatic N) is 2. The van der Waals surface area contributed by atoms with Gasteiger partial charge in [-0.05, 0) is 56.4 Å². The molecule has 1 N–H and O–H groups in total. The van der Waals surface area contributed by atoms with Crippen LogP contribution in [0.3, 0.4) is 0 Å². The number of rotatable bonds is 11. The van der Waals surface area contributed by atoms with Gasteiger partial charge in [-0.25, -0.2) is 9.78 Å². The first-order valence-electron chi connectivity index (χ1n) is 12.0. The molecule has 0 fully saturated rings. The molecule has 1 aromatic heterocycles. The lowest BCUT2D eigenvalue weighted by atomic mass is 9.94. The molecule has 7 heteroatoms. The minimum atomic E-state index is -0.650. The molecule has 0 bridgehead atoms. The van der Waals surface area contributed by atoms with Crippen molar-refractivity contribution in [2.45, 2.75) is 72.3 Å². The van der Waals surface area contributed by atoms with E-state index in [1.807, 2.05) is 63.2 Å². The molecule has 2 aromatic rings. The second kappa shape index (κ2) is 13.0. The zero-order valence-corrected chi connectivity index (χ0v) is 21.8. The molecule has 1 aromatic carbocycles. The molecular weight excluding hydrogens is 442 g/mol. The molecule has 1 unspecified atom stereocenters. The zero-order valence-electron chi connectivity index (χ0n) is 21.8. The van der Waals surface area contributed by atoms with Crippen molar-refractivity contribution in [3.05, 3.63) is 72.4 Å². The highest BCUT2D eigenvalue weighted by molar-refractivity contribution is 5.87. The number of carbonyl (C=O) groups excluding carboxylic acids is 2. The van der Waals surface area contributed by atoms with E-state index in [0.717, 1.165) is 17.5 Å². The van der Waals surface area contributed by atoms with Crippen molar-refractivity contribution in [2.24, 2.45) is 5.92 Å². The molecule has 0 aliphatic heterocycles. The van der Waals surface area contributed by atoms with Crippen LogP contribution in [0.2, 0.25) is 0 Å². The molecular formula is C28H39N3O4. The van der Waals surface area contributed by atoms with E-state index in [0.29, 0.717) is 18.3 Å². The number of pyridine rings is 1. The average Bonchev–Trinajstić information content (AvgIpc) is 2.76. The highest BCUT2D eigenvalue weighted by Crippen LogP contribution is 2.29. The molecule has 2 rings (SSSR count). The maximum atomic E-state index is 12.9. The van der Waals surface area contributed by atoms with E-state index < -0.39 is 17.8 Å². The molecule has 1 heterocycles. The highest BCUT2D eigenvalue weighted by Gasteiger charge is 2.28. The van der Waals surface area contributed by atoms with Gasteiger partial charge in [0.25, 0.3) is 0 Å². The first-order valence-corrected chi connectivity index (χ1v) is 12.0. The predicted octanol–water partition coefficient (Wildman–Crippen LogP) is 5.82. The van der Waals surface area contributed by atoms with Gasteiger partial charge in [0.1, 0.15) is 17.5 Å². The highest BCUT2D eigenvalue weighted by atomic mass is 16.6. The zero-order chi connectivity index (χ0) is 26.0.